The molecule has 1 aromatic carbocycles. The van der Waals surface area contributed by atoms with Crippen LogP contribution in [0.25, 0.3) is 0 Å². The molecule has 0 saturated carbocycles. The molecule has 1 aromatic rings. The third-order valence-corrected chi connectivity index (χ3v) is 4.97. The molecule has 1 heterocycles. The van der Waals surface area contributed by atoms with E-state index in [0.717, 1.165) is 5.46 Å². The number of hydrogen-bond acceptors (Lipinski definition) is 5. The number of benzene rings is 1. The molecule has 0 atom stereocenters. The Kier molecular flexibility index (Phi) is 5.04. The van der Waals surface area contributed by atoms with Crippen molar-refractivity contribution >= 4 is 21.6 Å². The van der Waals surface area contributed by atoms with Crippen LogP contribution >= 0.6 is 0 Å². The van der Waals surface area contributed by atoms with Gasteiger partial charge in [-0.3, -0.25) is 0 Å². The monoisotopic (exact) mass is 337 g/mol. The van der Waals surface area contributed by atoms with Crippen molar-refractivity contribution in [2.45, 2.75) is 52.0 Å². The maximum Gasteiger partial charge on any atom is 0.498 e. The first-order chi connectivity index (χ1) is 10.6. The summed E-state index contributed by atoms with van der Waals surface area (Å²) in [4.78, 5) is 0. The van der Waals surface area contributed by atoms with Crippen LogP contribution in [-0.4, -0.2) is 41.6 Å². The van der Waals surface area contributed by atoms with E-state index in [1.165, 1.54) is 0 Å². The molecule has 0 aromatic heterocycles. The van der Waals surface area contributed by atoms with Crippen LogP contribution in [0.3, 0.4) is 0 Å². The molecular weight excluding hydrogens is 311 g/mol. The maximum atomic E-state index is 6.12. The van der Waals surface area contributed by atoms with Crippen molar-refractivity contribution in [2.75, 3.05) is 14.2 Å². The van der Waals surface area contributed by atoms with E-state index in [9.17, 15) is 0 Å². The molecule has 1 fully saturated rings. The van der Waals surface area contributed by atoms with Gasteiger partial charge in [-0.2, -0.15) is 0 Å². The van der Waals surface area contributed by atoms with Crippen molar-refractivity contribution in [3.05, 3.63) is 12.1 Å². The second-order valence-corrected chi connectivity index (χ2v) is 8.86. The highest BCUT2D eigenvalue weighted by atomic mass is 28.3. The van der Waals surface area contributed by atoms with Crippen LogP contribution in [0.4, 0.5) is 0 Å². The van der Waals surface area contributed by atoms with Crippen LogP contribution in [0.1, 0.15) is 27.7 Å². The Labute approximate surface area is 141 Å². The lowest BCUT2D eigenvalue weighted by atomic mass is 9.78. The van der Waals surface area contributed by atoms with Gasteiger partial charge >= 0.3 is 7.12 Å². The number of methoxy groups -OCH3 is 2. The van der Waals surface area contributed by atoms with Gasteiger partial charge in [0, 0.05) is 11.5 Å². The molecular formula is C16H26BO5Si. The van der Waals surface area contributed by atoms with Crippen molar-refractivity contribution in [1.82, 2.24) is 0 Å². The molecule has 5 nitrogen and oxygen atoms in total. The van der Waals surface area contributed by atoms with Gasteiger partial charge in [0.25, 0.3) is 9.04 Å². The summed E-state index contributed by atoms with van der Waals surface area (Å²) in [5.41, 5.74) is -0.0151. The van der Waals surface area contributed by atoms with Crippen LogP contribution in [0.15, 0.2) is 12.1 Å². The van der Waals surface area contributed by atoms with Crippen LogP contribution < -0.4 is 19.4 Å². The number of ether oxygens (including phenoxy) is 2. The zero-order valence-electron chi connectivity index (χ0n) is 15.3. The Balaban J connectivity index is 2.43. The molecule has 0 amide bonds. The Morgan fingerprint density at radius 1 is 0.870 bits per heavy atom. The van der Waals surface area contributed by atoms with Crippen molar-refractivity contribution < 1.29 is 23.2 Å². The van der Waals surface area contributed by atoms with Crippen molar-refractivity contribution in [3.63, 3.8) is 0 Å². The van der Waals surface area contributed by atoms with Crippen molar-refractivity contribution in [3.8, 4) is 17.2 Å². The average Bonchev–Trinajstić information content (AvgIpc) is 2.66. The second kappa shape index (κ2) is 6.38. The maximum absolute atomic E-state index is 6.12. The quantitative estimate of drug-likeness (QED) is 0.773. The Bertz CT molecular complexity index is 558. The Morgan fingerprint density at radius 2 is 1.39 bits per heavy atom. The van der Waals surface area contributed by atoms with E-state index in [1.54, 1.807) is 14.2 Å². The summed E-state index contributed by atoms with van der Waals surface area (Å²) in [5, 5.41) is 0. The van der Waals surface area contributed by atoms with Gasteiger partial charge < -0.3 is 23.2 Å². The van der Waals surface area contributed by atoms with E-state index >= 15 is 0 Å². The topological polar surface area (TPSA) is 46.2 Å². The highest BCUT2D eigenvalue weighted by molar-refractivity contribution is 6.63. The lowest BCUT2D eigenvalue weighted by Crippen LogP contribution is -2.41. The zero-order chi connectivity index (χ0) is 17.4. The summed E-state index contributed by atoms with van der Waals surface area (Å²) in [6, 6.07) is 3.72. The minimum Gasteiger partial charge on any atom is -0.540 e. The lowest BCUT2D eigenvalue weighted by Gasteiger charge is -2.32. The smallest absolute Gasteiger partial charge is 0.498 e. The lowest BCUT2D eigenvalue weighted by molar-refractivity contribution is 0.00578. The molecule has 127 valence electrons. The summed E-state index contributed by atoms with van der Waals surface area (Å²) in [6.45, 7) is 12.2. The Hall–Kier alpha value is -1.18. The van der Waals surface area contributed by atoms with Gasteiger partial charge in [0.2, 0.25) is 0 Å². The molecule has 1 aliphatic heterocycles. The van der Waals surface area contributed by atoms with Crippen LogP contribution in [0.2, 0.25) is 13.1 Å². The molecule has 23 heavy (non-hydrogen) atoms. The molecule has 0 unspecified atom stereocenters. The van der Waals surface area contributed by atoms with Crippen molar-refractivity contribution in [2.24, 2.45) is 0 Å². The molecule has 1 radical (unpaired) electrons. The van der Waals surface area contributed by atoms with Gasteiger partial charge in [-0.05, 0) is 46.9 Å². The summed E-state index contributed by atoms with van der Waals surface area (Å²) >= 11 is 0. The van der Waals surface area contributed by atoms with E-state index in [-0.39, 0.29) is 0 Å². The van der Waals surface area contributed by atoms with Gasteiger partial charge in [0.05, 0.1) is 25.4 Å². The van der Waals surface area contributed by atoms with Crippen LogP contribution in [-0.2, 0) is 9.31 Å². The van der Waals surface area contributed by atoms with Gasteiger partial charge in [-0.1, -0.05) is 0 Å². The van der Waals surface area contributed by atoms with Crippen LogP contribution in [0.5, 0.6) is 17.2 Å². The largest absolute Gasteiger partial charge is 0.540 e. The van der Waals surface area contributed by atoms with E-state index in [4.69, 9.17) is 23.2 Å². The van der Waals surface area contributed by atoms with Gasteiger partial charge in [0.1, 0.15) is 11.5 Å². The predicted molar refractivity (Wildman–Crippen MR) is 93.4 cm³/mol. The van der Waals surface area contributed by atoms with E-state index in [1.807, 2.05) is 39.8 Å². The summed E-state index contributed by atoms with van der Waals surface area (Å²) in [5.74, 6) is 2.01. The second-order valence-electron chi connectivity index (χ2n) is 6.84. The first kappa shape index (κ1) is 18.2. The SMILES string of the molecule is COc1cc(B2OC(C)(C)C(C)(C)O2)c(OC)cc1O[Si](C)C. The molecule has 2 rings (SSSR count). The summed E-state index contributed by atoms with van der Waals surface area (Å²) in [6.07, 6.45) is 0. The minimum atomic E-state index is -0.909. The first-order valence-corrected chi connectivity index (χ1v) is 10.1. The van der Waals surface area contributed by atoms with Gasteiger partial charge in [-0.15, -0.1) is 0 Å². The molecule has 1 aliphatic rings. The third-order valence-electron chi connectivity index (χ3n) is 4.34. The predicted octanol–water partition coefficient (Wildman–Crippen LogP) is 2.63. The molecule has 0 N–H and O–H groups in total. The highest BCUT2D eigenvalue weighted by Gasteiger charge is 2.52. The number of rotatable bonds is 5. The van der Waals surface area contributed by atoms with Gasteiger partial charge in [-0.25, -0.2) is 0 Å². The van der Waals surface area contributed by atoms with Gasteiger partial charge in [0.15, 0.2) is 5.75 Å². The first-order valence-electron chi connectivity index (χ1n) is 7.71. The normalized spacial score (nSPS) is 19.1. The highest BCUT2D eigenvalue weighted by Crippen LogP contribution is 2.39. The Morgan fingerprint density at radius 3 is 1.83 bits per heavy atom. The molecule has 0 bridgehead atoms. The fourth-order valence-corrected chi connectivity index (χ4v) is 2.95. The minimum absolute atomic E-state index is 0.409. The summed E-state index contributed by atoms with van der Waals surface area (Å²) in [7, 11) is 1.84. The molecule has 0 spiro atoms. The zero-order valence-corrected chi connectivity index (χ0v) is 16.3. The van der Waals surface area contributed by atoms with E-state index in [0.29, 0.717) is 17.2 Å². The third kappa shape index (κ3) is 3.51. The fourth-order valence-electron chi connectivity index (χ4n) is 2.35. The standard InChI is InChI=1S/C16H26BO5Si/c1-15(2)16(3,4)22-17(21-15)11-9-13(19-6)14(20-23(7)8)10-12(11)18-5/h9-10H,1-8H3. The average molecular weight is 337 g/mol. The molecule has 7 heteroatoms. The molecule has 0 aliphatic carbocycles. The number of hydrogen-bond donors (Lipinski definition) is 0. The summed E-state index contributed by atoms with van der Waals surface area (Å²) < 4.78 is 29.1. The van der Waals surface area contributed by atoms with Crippen molar-refractivity contribution in [1.29, 1.82) is 0 Å². The van der Waals surface area contributed by atoms with Crippen LogP contribution in [0, 0.1) is 0 Å². The van der Waals surface area contributed by atoms with E-state index in [2.05, 4.69) is 13.1 Å². The fraction of sp³-hybridized carbons (Fsp3) is 0.625. The molecule has 1 saturated heterocycles. The van der Waals surface area contributed by atoms with E-state index < -0.39 is 27.4 Å².